The van der Waals surface area contributed by atoms with Crippen molar-refractivity contribution in [2.45, 2.75) is 5.22 Å². The highest BCUT2D eigenvalue weighted by molar-refractivity contribution is 8.14. The second-order valence-corrected chi connectivity index (χ2v) is 6.94. The molecule has 0 bridgehead atoms. The number of nitrogens with one attached hydrogen (secondary N) is 1. The number of carbonyl (C=O) groups is 3. The van der Waals surface area contributed by atoms with Gasteiger partial charge in [0.05, 0.1) is 17.1 Å². The van der Waals surface area contributed by atoms with E-state index in [9.17, 15) is 18.8 Å². The van der Waals surface area contributed by atoms with E-state index < -0.39 is 5.82 Å². The Hall–Kier alpha value is -2.40. The van der Waals surface area contributed by atoms with Crippen LogP contribution in [-0.4, -0.2) is 56.7 Å². The molecule has 1 aromatic heterocycles. The molecule has 8 nitrogen and oxygen atoms in total. The Labute approximate surface area is 155 Å². The van der Waals surface area contributed by atoms with Crippen LogP contribution in [0.25, 0.3) is 11.5 Å². The Morgan fingerprint density at radius 3 is 2.88 bits per heavy atom. The van der Waals surface area contributed by atoms with Crippen molar-refractivity contribution < 1.29 is 23.2 Å². The average Bonchev–Trinajstić information content (AvgIpc) is 3.22. The van der Waals surface area contributed by atoms with Gasteiger partial charge in [-0.15, -0.1) is 10.2 Å². The summed E-state index contributed by atoms with van der Waals surface area (Å²) in [6.45, 7) is 0.306. The van der Waals surface area contributed by atoms with Crippen LogP contribution in [0.5, 0.6) is 0 Å². The highest BCUT2D eigenvalue weighted by Crippen LogP contribution is 2.24. The van der Waals surface area contributed by atoms with Gasteiger partial charge in [0.1, 0.15) is 5.82 Å². The molecule has 0 spiro atoms. The molecule has 0 saturated carbocycles. The van der Waals surface area contributed by atoms with Crippen LogP contribution in [0.15, 0.2) is 33.9 Å². The molecule has 1 aromatic carbocycles. The first kappa shape index (κ1) is 18.4. The molecule has 136 valence electrons. The molecule has 0 atom stereocenters. The number of thioether (sulfide) groups is 2. The Morgan fingerprint density at radius 2 is 2.15 bits per heavy atom. The zero-order chi connectivity index (χ0) is 18.5. The fraction of sp³-hybridized carbons (Fsp3) is 0.267. The summed E-state index contributed by atoms with van der Waals surface area (Å²) < 4.78 is 19.0. The van der Waals surface area contributed by atoms with Crippen molar-refractivity contribution in [3.05, 3.63) is 30.1 Å². The summed E-state index contributed by atoms with van der Waals surface area (Å²) in [5.74, 6) is -0.855. The molecule has 0 aliphatic carbocycles. The number of imide groups is 1. The van der Waals surface area contributed by atoms with Gasteiger partial charge in [-0.1, -0.05) is 35.7 Å². The van der Waals surface area contributed by atoms with E-state index in [1.807, 2.05) is 0 Å². The molecule has 11 heteroatoms. The fourth-order valence-electron chi connectivity index (χ4n) is 2.09. The van der Waals surface area contributed by atoms with Gasteiger partial charge in [-0.3, -0.25) is 19.3 Å². The Bertz CT molecular complexity index is 829. The average molecular weight is 396 g/mol. The van der Waals surface area contributed by atoms with E-state index in [4.69, 9.17) is 4.42 Å². The summed E-state index contributed by atoms with van der Waals surface area (Å²) in [4.78, 5) is 35.8. The lowest BCUT2D eigenvalue weighted by molar-refractivity contribution is -0.125. The normalized spacial score (nSPS) is 14.1. The van der Waals surface area contributed by atoms with E-state index in [0.717, 1.165) is 28.4 Å². The lowest BCUT2D eigenvalue weighted by Gasteiger charge is -2.12. The summed E-state index contributed by atoms with van der Waals surface area (Å²) in [7, 11) is 0. The van der Waals surface area contributed by atoms with Crippen LogP contribution < -0.4 is 5.32 Å². The number of halogens is 1. The molecule has 3 rings (SSSR count). The van der Waals surface area contributed by atoms with Crippen LogP contribution in [0.3, 0.4) is 0 Å². The third-order valence-electron chi connectivity index (χ3n) is 3.34. The second-order valence-electron chi connectivity index (χ2n) is 5.09. The number of hydrogen-bond donors (Lipinski definition) is 1. The minimum absolute atomic E-state index is 0.00947. The van der Waals surface area contributed by atoms with Gasteiger partial charge in [0, 0.05) is 13.1 Å². The molecule has 2 aromatic rings. The van der Waals surface area contributed by atoms with E-state index in [0.29, 0.717) is 0 Å². The third kappa shape index (κ3) is 4.41. The van der Waals surface area contributed by atoms with Crippen LogP contribution in [0.4, 0.5) is 9.18 Å². The maximum absolute atomic E-state index is 13.7. The van der Waals surface area contributed by atoms with Crippen LogP contribution >= 0.6 is 23.5 Å². The van der Waals surface area contributed by atoms with Crippen LogP contribution in [0.1, 0.15) is 0 Å². The fourth-order valence-corrected chi connectivity index (χ4v) is 3.44. The summed E-state index contributed by atoms with van der Waals surface area (Å²) in [6.07, 6.45) is 0. The maximum atomic E-state index is 13.7. The van der Waals surface area contributed by atoms with Crippen molar-refractivity contribution in [2.75, 3.05) is 24.6 Å². The minimum atomic E-state index is -0.477. The minimum Gasteiger partial charge on any atom is -0.411 e. The third-order valence-corrected chi connectivity index (χ3v) is 5.01. The van der Waals surface area contributed by atoms with Crippen LogP contribution in [0, 0.1) is 5.82 Å². The molecule has 1 N–H and O–H groups in total. The number of aromatic nitrogens is 2. The van der Waals surface area contributed by atoms with E-state index >= 15 is 0 Å². The van der Waals surface area contributed by atoms with Crippen molar-refractivity contribution >= 4 is 40.6 Å². The number of rotatable bonds is 7. The summed E-state index contributed by atoms with van der Waals surface area (Å²) in [6, 6.07) is 6.01. The van der Waals surface area contributed by atoms with Gasteiger partial charge in [0.25, 0.3) is 16.4 Å². The number of benzene rings is 1. The van der Waals surface area contributed by atoms with E-state index in [1.165, 1.54) is 12.1 Å². The molecule has 26 heavy (non-hydrogen) atoms. The lowest BCUT2D eigenvalue weighted by atomic mass is 10.2. The van der Waals surface area contributed by atoms with Gasteiger partial charge < -0.3 is 9.73 Å². The highest BCUT2D eigenvalue weighted by Gasteiger charge is 2.29. The standard InChI is InChI=1S/C15H13FN4O4S2/c16-10-4-2-1-3-9(10)13-18-19-14(24-13)25-7-11(21)17-5-6-20-12(22)8-26-15(20)23/h1-4H,5-8H2,(H,17,21). The predicted octanol–water partition coefficient (Wildman–Crippen LogP) is 1.78. The Morgan fingerprint density at radius 1 is 1.35 bits per heavy atom. The van der Waals surface area contributed by atoms with Gasteiger partial charge in [-0.25, -0.2) is 4.39 Å². The largest absolute Gasteiger partial charge is 0.411 e. The Kier molecular flexibility index (Phi) is 5.89. The summed E-state index contributed by atoms with van der Waals surface area (Å²) >= 11 is 1.95. The quantitative estimate of drug-likeness (QED) is 0.706. The SMILES string of the molecule is O=C(CSc1nnc(-c2ccccc2F)o1)NCCN1C(=O)CSC1=O. The second kappa shape index (κ2) is 8.32. The number of amides is 3. The van der Waals surface area contributed by atoms with Gasteiger partial charge in [-0.2, -0.15) is 0 Å². The molecule has 1 aliphatic rings. The maximum Gasteiger partial charge on any atom is 0.288 e. The topological polar surface area (TPSA) is 105 Å². The summed E-state index contributed by atoms with van der Waals surface area (Å²) in [5, 5.41) is 9.97. The smallest absolute Gasteiger partial charge is 0.288 e. The van der Waals surface area contributed by atoms with Crippen molar-refractivity contribution in [3.63, 3.8) is 0 Å². The molecular weight excluding hydrogens is 383 g/mol. The molecule has 1 saturated heterocycles. The van der Waals surface area contributed by atoms with Gasteiger partial charge in [0.2, 0.25) is 11.8 Å². The lowest BCUT2D eigenvalue weighted by Crippen LogP contribution is -2.38. The van der Waals surface area contributed by atoms with Crippen molar-refractivity contribution in [2.24, 2.45) is 0 Å². The Balaban J connectivity index is 1.44. The first-order valence-corrected chi connectivity index (χ1v) is 9.47. The predicted molar refractivity (Wildman–Crippen MR) is 93.0 cm³/mol. The molecule has 1 aliphatic heterocycles. The van der Waals surface area contributed by atoms with Gasteiger partial charge >= 0.3 is 0 Å². The molecule has 1 fully saturated rings. The van der Waals surface area contributed by atoms with Gasteiger partial charge in [0.15, 0.2) is 0 Å². The van der Waals surface area contributed by atoms with Crippen molar-refractivity contribution in [1.82, 2.24) is 20.4 Å². The zero-order valence-electron chi connectivity index (χ0n) is 13.3. The number of carbonyl (C=O) groups excluding carboxylic acids is 3. The first-order chi connectivity index (χ1) is 12.5. The van der Waals surface area contributed by atoms with E-state index in [1.54, 1.807) is 12.1 Å². The molecular formula is C15H13FN4O4S2. The van der Waals surface area contributed by atoms with Crippen LogP contribution in [0.2, 0.25) is 0 Å². The monoisotopic (exact) mass is 396 g/mol. The highest BCUT2D eigenvalue weighted by atomic mass is 32.2. The number of hydrogen-bond acceptors (Lipinski definition) is 8. The molecule has 0 unspecified atom stereocenters. The van der Waals surface area contributed by atoms with Crippen molar-refractivity contribution in [1.29, 1.82) is 0 Å². The van der Waals surface area contributed by atoms with Gasteiger partial charge in [-0.05, 0) is 12.1 Å². The molecule has 2 heterocycles. The van der Waals surface area contributed by atoms with E-state index in [2.05, 4.69) is 15.5 Å². The first-order valence-electron chi connectivity index (χ1n) is 7.49. The number of nitrogens with zero attached hydrogens (tertiary/aromatic N) is 3. The zero-order valence-corrected chi connectivity index (χ0v) is 14.9. The van der Waals surface area contributed by atoms with Crippen LogP contribution in [-0.2, 0) is 9.59 Å². The van der Waals surface area contributed by atoms with E-state index in [-0.39, 0.29) is 58.3 Å². The summed E-state index contributed by atoms with van der Waals surface area (Å²) in [5.41, 5.74) is 0.189. The molecule has 3 amide bonds. The van der Waals surface area contributed by atoms with Crippen molar-refractivity contribution in [3.8, 4) is 11.5 Å². The molecule has 0 radical (unpaired) electrons.